The highest BCUT2D eigenvalue weighted by molar-refractivity contribution is 7.98. The van der Waals surface area contributed by atoms with Gasteiger partial charge in [0.2, 0.25) is 0 Å². The molecule has 2 aromatic heterocycles. The van der Waals surface area contributed by atoms with Crippen LogP contribution in [0.5, 0.6) is 0 Å². The van der Waals surface area contributed by atoms with Gasteiger partial charge in [0.15, 0.2) is 11.0 Å². The molecular formula is C19H14Cl2N4S2. The number of hydrogen-bond donors (Lipinski definition) is 0. The summed E-state index contributed by atoms with van der Waals surface area (Å²) in [6, 6.07) is 15.3. The summed E-state index contributed by atoms with van der Waals surface area (Å²) in [4.78, 5) is 4.70. The van der Waals surface area contributed by atoms with Crippen LogP contribution in [-0.4, -0.2) is 19.7 Å². The van der Waals surface area contributed by atoms with E-state index in [2.05, 4.69) is 15.6 Å². The van der Waals surface area contributed by atoms with Crippen LogP contribution in [0, 0.1) is 0 Å². The normalized spacial score (nSPS) is 11.1. The molecule has 0 saturated carbocycles. The second-order valence-electron chi connectivity index (χ2n) is 5.78. The lowest BCUT2D eigenvalue weighted by molar-refractivity contribution is 0.793. The van der Waals surface area contributed by atoms with Gasteiger partial charge in [0.1, 0.15) is 5.01 Å². The third kappa shape index (κ3) is 4.04. The van der Waals surface area contributed by atoms with Crippen molar-refractivity contribution < 1.29 is 0 Å². The van der Waals surface area contributed by atoms with Crippen molar-refractivity contribution in [3.8, 4) is 22.0 Å². The zero-order valence-corrected chi connectivity index (χ0v) is 17.4. The van der Waals surface area contributed by atoms with Gasteiger partial charge in [0.05, 0.1) is 10.7 Å². The van der Waals surface area contributed by atoms with Gasteiger partial charge in [-0.1, -0.05) is 53.2 Å². The fraction of sp³-hybridized carbons (Fsp3) is 0.105. The van der Waals surface area contributed by atoms with E-state index in [1.165, 1.54) is 0 Å². The molecule has 0 saturated heterocycles. The molecule has 8 heteroatoms. The fourth-order valence-electron chi connectivity index (χ4n) is 2.56. The summed E-state index contributed by atoms with van der Waals surface area (Å²) in [7, 11) is 1.96. The molecule has 27 heavy (non-hydrogen) atoms. The number of thiazole rings is 1. The summed E-state index contributed by atoms with van der Waals surface area (Å²) >= 11 is 15.4. The number of hydrogen-bond acceptors (Lipinski definition) is 5. The highest BCUT2D eigenvalue weighted by Crippen LogP contribution is 2.32. The molecule has 136 valence electrons. The molecule has 0 bridgehead atoms. The Bertz CT molecular complexity index is 1070. The molecule has 4 rings (SSSR count). The van der Waals surface area contributed by atoms with Gasteiger partial charge in [-0.2, -0.15) is 0 Å². The number of rotatable bonds is 5. The van der Waals surface area contributed by atoms with E-state index < -0.39 is 0 Å². The van der Waals surface area contributed by atoms with Crippen molar-refractivity contribution in [3.05, 3.63) is 69.7 Å². The lowest BCUT2D eigenvalue weighted by Crippen LogP contribution is -1.95. The molecule has 4 aromatic rings. The van der Waals surface area contributed by atoms with Gasteiger partial charge in [-0.05, 0) is 30.3 Å². The van der Waals surface area contributed by atoms with Gasteiger partial charge in [0.25, 0.3) is 0 Å². The molecule has 4 nitrogen and oxygen atoms in total. The maximum absolute atomic E-state index is 6.26. The maximum atomic E-state index is 6.26. The quantitative estimate of drug-likeness (QED) is 0.351. The number of benzene rings is 2. The first-order valence-corrected chi connectivity index (χ1v) is 10.7. The summed E-state index contributed by atoms with van der Waals surface area (Å²) in [5.74, 6) is 1.53. The predicted molar refractivity (Wildman–Crippen MR) is 114 cm³/mol. The number of thioether (sulfide) groups is 1. The van der Waals surface area contributed by atoms with E-state index in [4.69, 9.17) is 28.2 Å². The molecule has 0 spiro atoms. The van der Waals surface area contributed by atoms with Crippen LogP contribution in [0.2, 0.25) is 10.0 Å². The van der Waals surface area contributed by atoms with Crippen molar-refractivity contribution in [2.45, 2.75) is 10.9 Å². The lowest BCUT2D eigenvalue weighted by Gasteiger charge is -2.03. The Labute approximate surface area is 175 Å². The third-order valence-corrected chi connectivity index (χ3v) is 6.50. The Morgan fingerprint density at radius 3 is 2.59 bits per heavy atom. The monoisotopic (exact) mass is 432 g/mol. The molecule has 2 heterocycles. The fourth-order valence-corrected chi connectivity index (χ4v) is 4.74. The predicted octanol–water partition coefficient (Wildman–Crippen LogP) is 6.20. The number of aromatic nitrogens is 4. The number of halogens is 2. The first-order valence-electron chi connectivity index (χ1n) is 8.09. The van der Waals surface area contributed by atoms with Gasteiger partial charge >= 0.3 is 0 Å². The van der Waals surface area contributed by atoms with E-state index in [0.29, 0.717) is 15.8 Å². The largest absolute Gasteiger partial charge is 0.305 e. The minimum atomic E-state index is 0.702. The standard InChI is InChI=1S/C19H14Cl2N4S2/c1-25-17(12-6-8-13(20)9-7-12)23-24-19(25)27-11-14-10-26-18(22-14)15-4-2-3-5-16(15)21/h2-10H,11H2,1H3. The Balaban J connectivity index is 1.48. The molecule has 0 fully saturated rings. The smallest absolute Gasteiger partial charge is 0.191 e. The minimum Gasteiger partial charge on any atom is -0.305 e. The van der Waals surface area contributed by atoms with Crippen molar-refractivity contribution in [2.75, 3.05) is 0 Å². The molecule has 0 aliphatic rings. The van der Waals surface area contributed by atoms with Gasteiger partial charge in [-0.25, -0.2) is 4.98 Å². The van der Waals surface area contributed by atoms with E-state index >= 15 is 0 Å². The van der Waals surface area contributed by atoms with Crippen LogP contribution in [0.3, 0.4) is 0 Å². The average molecular weight is 433 g/mol. The first kappa shape index (κ1) is 18.5. The van der Waals surface area contributed by atoms with E-state index in [1.54, 1.807) is 23.1 Å². The molecule has 0 radical (unpaired) electrons. The van der Waals surface area contributed by atoms with Crippen molar-refractivity contribution in [3.63, 3.8) is 0 Å². The maximum Gasteiger partial charge on any atom is 0.191 e. The Kier molecular flexibility index (Phi) is 5.50. The summed E-state index contributed by atoms with van der Waals surface area (Å²) in [5.41, 5.74) is 2.94. The molecular weight excluding hydrogens is 419 g/mol. The van der Waals surface area contributed by atoms with Gasteiger partial charge < -0.3 is 4.57 Å². The zero-order valence-electron chi connectivity index (χ0n) is 14.3. The number of nitrogens with zero attached hydrogens (tertiary/aromatic N) is 4. The van der Waals surface area contributed by atoms with Crippen LogP contribution >= 0.6 is 46.3 Å². The van der Waals surface area contributed by atoms with Crippen molar-refractivity contribution in [1.29, 1.82) is 0 Å². The van der Waals surface area contributed by atoms with Crippen LogP contribution in [-0.2, 0) is 12.8 Å². The third-order valence-electron chi connectivity index (χ3n) is 3.94. The topological polar surface area (TPSA) is 43.6 Å². The van der Waals surface area contributed by atoms with Gasteiger partial charge in [-0.15, -0.1) is 21.5 Å². The SMILES string of the molecule is Cn1c(SCc2csc(-c3ccccc3Cl)n2)nnc1-c1ccc(Cl)cc1. The van der Waals surface area contributed by atoms with Gasteiger partial charge in [0, 0.05) is 34.3 Å². The molecule has 0 amide bonds. The first-order chi connectivity index (χ1) is 13.1. The van der Waals surface area contributed by atoms with E-state index in [0.717, 1.165) is 32.8 Å². The summed E-state index contributed by atoms with van der Waals surface area (Å²) in [5, 5.41) is 13.9. The highest BCUT2D eigenvalue weighted by atomic mass is 35.5. The van der Waals surface area contributed by atoms with Gasteiger partial charge in [-0.3, -0.25) is 0 Å². The molecule has 0 aliphatic heterocycles. The summed E-state index contributed by atoms with van der Waals surface area (Å²) in [6.45, 7) is 0. The Morgan fingerprint density at radius 2 is 1.81 bits per heavy atom. The van der Waals surface area contributed by atoms with Crippen molar-refractivity contribution in [2.24, 2.45) is 7.05 Å². The van der Waals surface area contributed by atoms with Crippen LogP contribution < -0.4 is 0 Å². The molecule has 2 aromatic carbocycles. The van der Waals surface area contributed by atoms with Crippen LogP contribution in [0.4, 0.5) is 0 Å². The van der Waals surface area contributed by atoms with Crippen LogP contribution in [0.15, 0.2) is 59.1 Å². The lowest BCUT2D eigenvalue weighted by atomic mass is 10.2. The van der Waals surface area contributed by atoms with E-state index in [-0.39, 0.29) is 0 Å². The summed E-state index contributed by atoms with van der Waals surface area (Å²) < 4.78 is 1.98. The Hall–Kier alpha value is -1.86. The van der Waals surface area contributed by atoms with Crippen molar-refractivity contribution in [1.82, 2.24) is 19.7 Å². The van der Waals surface area contributed by atoms with Crippen LogP contribution in [0.1, 0.15) is 5.69 Å². The molecule has 0 atom stereocenters. The minimum absolute atomic E-state index is 0.702. The average Bonchev–Trinajstić information content (AvgIpc) is 3.28. The van der Waals surface area contributed by atoms with Crippen molar-refractivity contribution >= 4 is 46.3 Å². The second kappa shape index (κ2) is 8.02. The molecule has 0 aliphatic carbocycles. The molecule has 0 N–H and O–H groups in total. The zero-order chi connectivity index (χ0) is 18.8. The van der Waals surface area contributed by atoms with E-state index in [9.17, 15) is 0 Å². The summed E-state index contributed by atoms with van der Waals surface area (Å²) in [6.07, 6.45) is 0. The van der Waals surface area contributed by atoms with Crippen LogP contribution in [0.25, 0.3) is 22.0 Å². The highest BCUT2D eigenvalue weighted by Gasteiger charge is 2.13. The van der Waals surface area contributed by atoms with E-state index in [1.807, 2.05) is 60.1 Å². The second-order valence-corrected chi connectivity index (χ2v) is 8.43. The Morgan fingerprint density at radius 1 is 1.04 bits per heavy atom. The molecule has 0 unspecified atom stereocenters.